The first-order valence-corrected chi connectivity index (χ1v) is 12.4. The van der Waals surface area contributed by atoms with Crippen molar-refractivity contribution in [3.8, 4) is 0 Å². The number of ether oxygens (including phenoxy) is 4. The average Bonchev–Trinajstić information content (AvgIpc) is 3.05. The summed E-state index contributed by atoms with van der Waals surface area (Å²) in [5.41, 5.74) is -3.43. The largest absolute Gasteiger partial charge is 0.465 e. The molecule has 5 fully saturated rings. The van der Waals surface area contributed by atoms with Gasteiger partial charge < -0.3 is 24.1 Å². The van der Waals surface area contributed by atoms with Crippen molar-refractivity contribution >= 4 is 17.7 Å². The molecule has 8 atom stereocenters. The minimum absolute atomic E-state index is 0.139. The van der Waals surface area contributed by atoms with E-state index in [4.69, 9.17) is 18.9 Å². The lowest BCUT2D eigenvalue weighted by atomic mass is 9.38. The molecule has 0 radical (unpaired) electrons. The number of carbonyl (C=O) groups is 3. The minimum atomic E-state index is -1.39. The van der Waals surface area contributed by atoms with Crippen molar-refractivity contribution in [2.45, 2.75) is 95.7 Å². The third-order valence-corrected chi connectivity index (χ3v) is 10.2. The highest BCUT2D eigenvalue weighted by atomic mass is 16.7. The number of fused-ring (bicyclic) bond motifs is 3. The van der Waals surface area contributed by atoms with E-state index in [1.54, 1.807) is 13.2 Å². The lowest BCUT2D eigenvalue weighted by Crippen LogP contribution is -2.83. The lowest BCUT2D eigenvalue weighted by Gasteiger charge is -2.75. The molecule has 1 spiro atoms. The molecule has 3 saturated carbocycles. The molecule has 1 N–H and O–H groups in total. The Balaban J connectivity index is 1.72. The monoisotopic (exact) mass is 476 g/mol. The van der Waals surface area contributed by atoms with Gasteiger partial charge in [0, 0.05) is 57.1 Å². The second-order valence-electron chi connectivity index (χ2n) is 11.4. The maximum atomic E-state index is 12.8. The Labute approximate surface area is 200 Å². The smallest absolute Gasteiger partial charge is 0.303 e. The Morgan fingerprint density at radius 3 is 2.47 bits per heavy atom. The second kappa shape index (κ2) is 7.37. The average molecular weight is 477 g/mol. The van der Waals surface area contributed by atoms with Gasteiger partial charge in [-0.25, -0.2) is 0 Å². The number of methoxy groups -OCH3 is 1. The van der Waals surface area contributed by atoms with Crippen LogP contribution in [0.2, 0.25) is 0 Å². The van der Waals surface area contributed by atoms with Crippen LogP contribution in [0.5, 0.6) is 0 Å². The fourth-order valence-electron chi connectivity index (χ4n) is 8.75. The molecule has 2 aliphatic heterocycles. The molecule has 6 aliphatic rings. The maximum absolute atomic E-state index is 12.8. The summed E-state index contributed by atoms with van der Waals surface area (Å²) >= 11 is 0. The SMILES string of the molecule is COC12CCC3(C)C(CCC4C5(O)CC=C(C(C)=O)C5(COC(C)=O)CC(OC(C)=O)C43O1)C2. The molecule has 0 aromatic carbocycles. The van der Waals surface area contributed by atoms with Crippen LogP contribution in [-0.4, -0.2) is 59.6 Å². The van der Waals surface area contributed by atoms with E-state index in [1.165, 1.54) is 20.8 Å². The van der Waals surface area contributed by atoms with Crippen molar-refractivity contribution in [3.63, 3.8) is 0 Å². The summed E-state index contributed by atoms with van der Waals surface area (Å²) in [5, 5.41) is 12.6. The Bertz CT molecular complexity index is 974. The first-order valence-electron chi connectivity index (χ1n) is 12.4. The summed E-state index contributed by atoms with van der Waals surface area (Å²) in [4.78, 5) is 37.1. The first kappa shape index (κ1) is 23.9. The molecule has 4 bridgehead atoms. The van der Waals surface area contributed by atoms with Gasteiger partial charge in [0.05, 0.1) is 11.0 Å². The van der Waals surface area contributed by atoms with Crippen LogP contribution < -0.4 is 0 Å². The first-order chi connectivity index (χ1) is 15.9. The molecule has 6 rings (SSSR count). The number of carbonyl (C=O) groups excluding carboxylic acids is 3. The van der Waals surface area contributed by atoms with Gasteiger partial charge >= 0.3 is 11.9 Å². The van der Waals surface area contributed by atoms with Gasteiger partial charge in [0.15, 0.2) is 11.6 Å². The van der Waals surface area contributed by atoms with Gasteiger partial charge in [-0.05, 0) is 38.5 Å². The van der Waals surface area contributed by atoms with Crippen molar-refractivity contribution in [1.29, 1.82) is 0 Å². The topological polar surface area (TPSA) is 108 Å². The van der Waals surface area contributed by atoms with E-state index in [-0.39, 0.29) is 30.6 Å². The molecule has 2 heterocycles. The van der Waals surface area contributed by atoms with Gasteiger partial charge in [0.2, 0.25) is 0 Å². The van der Waals surface area contributed by atoms with E-state index in [1.807, 2.05) is 0 Å². The number of hydrogen-bond donors (Lipinski definition) is 1. The zero-order valence-corrected chi connectivity index (χ0v) is 20.8. The molecule has 8 nitrogen and oxygen atoms in total. The molecule has 188 valence electrons. The van der Waals surface area contributed by atoms with Crippen LogP contribution in [0.4, 0.5) is 0 Å². The van der Waals surface area contributed by atoms with Gasteiger partial charge in [0.1, 0.15) is 18.3 Å². The molecule has 0 aromatic heterocycles. The third-order valence-electron chi connectivity index (χ3n) is 10.2. The fourth-order valence-corrected chi connectivity index (χ4v) is 8.75. The zero-order chi connectivity index (χ0) is 24.7. The molecule has 4 aliphatic carbocycles. The number of esters is 2. The van der Waals surface area contributed by atoms with Crippen molar-refractivity contribution < 1.29 is 38.4 Å². The molecule has 0 amide bonds. The highest BCUT2D eigenvalue weighted by molar-refractivity contribution is 5.96. The predicted molar refractivity (Wildman–Crippen MR) is 119 cm³/mol. The Morgan fingerprint density at radius 2 is 1.85 bits per heavy atom. The normalized spacial score (nSPS) is 48.4. The van der Waals surface area contributed by atoms with E-state index in [2.05, 4.69) is 6.92 Å². The fraction of sp³-hybridized carbons (Fsp3) is 0.808. The summed E-state index contributed by atoms with van der Waals surface area (Å²) in [6, 6.07) is 0. The quantitative estimate of drug-likeness (QED) is 0.604. The van der Waals surface area contributed by atoms with Crippen LogP contribution >= 0.6 is 0 Å². The predicted octanol–water partition coefficient (Wildman–Crippen LogP) is 2.85. The highest BCUT2D eigenvalue weighted by Crippen LogP contribution is 2.75. The molecule has 34 heavy (non-hydrogen) atoms. The maximum Gasteiger partial charge on any atom is 0.303 e. The van der Waals surface area contributed by atoms with E-state index < -0.39 is 46.4 Å². The minimum Gasteiger partial charge on any atom is -0.465 e. The molecular formula is C26H36O8. The van der Waals surface area contributed by atoms with Crippen molar-refractivity contribution in [3.05, 3.63) is 11.6 Å². The standard InChI is InChI=1S/C26H36O8/c1-15(27)19-8-9-25(30)20-7-6-18-12-24(31-5)11-10-22(18,4)26(20,34-24)21(33-17(3)29)13-23(19,25)14-32-16(2)28/h8,18,20-21,30H,6-7,9-14H2,1-5H3. The Hall–Kier alpha value is -1.77. The molecular weight excluding hydrogens is 440 g/mol. The number of rotatable bonds is 5. The van der Waals surface area contributed by atoms with Crippen LogP contribution in [0, 0.1) is 22.7 Å². The van der Waals surface area contributed by atoms with E-state index in [9.17, 15) is 19.5 Å². The van der Waals surface area contributed by atoms with E-state index >= 15 is 0 Å². The van der Waals surface area contributed by atoms with Gasteiger partial charge in [-0.1, -0.05) is 13.0 Å². The molecule has 8 unspecified atom stereocenters. The van der Waals surface area contributed by atoms with E-state index in [0.29, 0.717) is 17.9 Å². The number of Topliss-reactive ketones (excluding diaryl/α,β-unsaturated/α-hetero) is 1. The number of ketones is 1. The molecule has 8 heteroatoms. The van der Waals surface area contributed by atoms with Crippen molar-refractivity contribution in [2.75, 3.05) is 13.7 Å². The molecule has 2 saturated heterocycles. The summed E-state index contributed by atoms with van der Waals surface area (Å²) in [7, 11) is 1.66. The third kappa shape index (κ3) is 2.73. The zero-order valence-electron chi connectivity index (χ0n) is 20.8. The van der Waals surface area contributed by atoms with Crippen LogP contribution in [0.15, 0.2) is 11.6 Å². The summed E-state index contributed by atoms with van der Waals surface area (Å²) in [5.74, 6) is -2.03. The summed E-state index contributed by atoms with van der Waals surface area (Å²) in [6.07, 6.45) is 5.35. The second-order valence-corrected chi connectivity index (χ2v) is 11.4. The Kier molecular flexibility index (Phi) is 5.19. The van der Waals surface area contributed by atoms with Crippen LogP contribution in [0.1, 0.15) is 72.6 Å². The van der Waals surface area contributed by atoms with E-state index in [0.717, 1.165) is 25.7 Å². The van der Waals surface area contributed by atoms with Crippen molar-refractivity contribution in [2.24, 2.45) is 22.7 Å². The van der Waals surface area contributed by atoms with Gasteiger partial charge in [0.25, 0.3) is 0 Å². The van der Waals surface area contributed by atoms with Gasteiger partial charge in [-0.15, -0.1) is 0 Å². The van der Waals surface area contributed by atoms with Crippen LogP contribution in [0.3, 0.4) is 0 Å². The lowest BCUT2D eigenvalue weighted by molar-refractivity contribution is -0.450. The summed E-state index contributed by atoms with van der Waals surface area (Å²) in [6.45, 7) is 6.21. The highest BCUT2D eigenvalue weighted by Gasteiger charge is 2.82. The van der Waals surface area contributed by atoms with Gasteiger partial charge in [-0.3, -0.25) is 14.4 Å². The summed E-state index contributed by atoms with van der Waals surface area (Å²) < 4.78 is 24.5. The van der Waals surface area contributed by atoms with Crippen LogP contribution in [-0.2, 0) is 33.3 Å². The van der Waals surface area contributed by atoms with Crippen LogP contribution in [0.25, 0.3) is 0 Å². The Morgan fingerprint density at radius 1 is 1.12 bits per heavy atom. The van der Waals surface area contributed by atoms with Gasteiger partial charge in [-0.2, -0.15) is 0 Å². The number of aliphatic hydroxyl groups is 1. The number of hydrogen-bond acceptors (Lipinski definition) is 8. The van der Waals surface area contributed by atoms with Crippen molar-refractivity contribution in [1.82, 2.24) is 0 Å². The molecule has 0 aromatic rings.